The topological polar surface area (TPSA) is 69.8 Å². The summed E-state index contributed by atoms with van der Waals surface area (Å²) in [7, 11) is 0. The lowest BCUT2D eigenvalue weighted by Crippen LogP contribution is -2.47. The van der Waals surface area contributed by atoms with E-state index in [1.165, 1.54) is 6.33 Å². The van der Waals surface area contributed by atoms with E-state index in [-0.39, 0.29) is 16.5 Å². The van der Waals surface area contributed by atoms with Gasteiger partial charge in [-0.3, -0.25) is 4.79 Å². The van der Waals surface area contributed by atoms with Gasteiger partial charge in [0.1, 0.15) is 0 Å². The monoisotopic (exact) mass is 332 g/mol. The van der Waals surface area contributed by atoms with Crippen molar-refractivity contribution >= 4 is 33.9 Å². The fourth-order valence-electron chi connectivity index (χ4n) is 2.99. The Morgan fingerprint density at radius 3 is 2.61 bits per heavy atom. The van der Waals surface area contributed by atoms with Crippen LogP contribution < -0.4 is 16.2 Å². The first-order valence-corrected chi connectivity index (χ1v) is 8.03. The van der Waals surface area contributed by atoms with Crippen molar-refractivity contribution in [3.63, 3.8) is 0 Å². The summed E-state index contributed by atoms with van der Waals surface area (Å²) in [5, 5.41) is 7.56. The van der Waals surface area contributed by atoms with Crippen LogP contribution >= 0.6 is 12.2 Å². The van der Waals surface area contributed by atoms with Gasteiger partial charge >= 0.3 is 0 Å². The molecule has 1 heterocycles. The Balaban J connectivity index is 2.11. The number of aromatic nitrogens is 2. The molecule has 0 saturated heterocycles. The van der Waals surface area contributed by atoms with Crippen molar-refractivity contribution in [2.24, 2.45) is 5.41 Å². The highest BCUT2D eigenvalue weighted by Crippen LogP contribution is 2.26. The number of hydrogen-bond acceptors (Lipinski definition) is 3. The van der Waals surface area contributed by atoms with Gasteiger partial charge in [-0.05, 0) is 56.1 Å². The maximum atomic E-state index is 11.8. The summed E-state index contributed by atoms with van der Waals surface area (Å²) in [4.78, 5) is 18.5. The van der Waals surface area contributed by atoms with Crippen molar-refractivity contribution in [1.29, 1.82) is 0 Å². The zero-order valence-corrected chi connectivity index (χ0v) is 15.1. The number of benzene rings is 1. The number of hydrogen-bond donors (Lipinski definition) is 3. The molecule has 2 rings (SSSR count). The quantitative estimate of drug-likeness (QED) is 0.751. The molecule has 0 amide bonds. The van der Waals surface area contributed by atoms with Gasteiger partial charge < -0.3 is 15.6 Å². The average molecular weight is 332 g/mol. The lowest BCUT2D eigenvalue weighted by molar-refractivity contribution is 0.268. The lowest BCUT2D eigenvalue weighted by atomic mass is 9.82. The molecule has 124 valence electrons. The minimum Gasteiger partial charge on any atom is -0.358 e. The molecule has 1 aromatic heterocycles. The van der Waals surface area contributed by atoms with E-state index in [1.54, 1.807) is 12.1 Å². The highest BCUT2D eigenvalue weighted by molar-refractivity contribution is 7.80. The fraction of sp³-hybridized carbons (Fsp3) is 0.471. The van der Waals surface area contributed by atoms with Gasteiger partial charge in [0.15, 0.2) is 5.11 Å². The van der Waals surface area contributed by atoms with E-state index in [2.05, 4.69) is 55.2 Å². The normalized spacial score (nSPS) is 12.2. The highest BCUT2D eigenvalue weighted by atomic mass is 32.1. The van der Waals surface area contributed by atoms with Crippen LogP contribution in [0, 0.1) is 5.41 Å². The molecule has 0 radical (unpaired) electrons. The number of rotatable bonds is 3. The van der Waals surface area contributed by atoms with E-state index >= 15 is 0 Å². The minimum absolute atomic E-state index is 0.127. The summed E-state index contributed by atoms with van der Waals surface area (Å²) in [6.45, 7) is 10.9. The van der Waals surface area contributed by atoms with Crippen LogP contribution in [0.1, 0.15) is 41.0 Å². The molecule has 23 heavy (non-hydrogen) atoms. The first-order chi connectivity index (χ1) is 10.6. The lowest BCUT2D eigenvalue weighted by Gasteiger charge is -2.34. The number of fused-ring (bicyclic) bond motifs is 1. The van der Waals surface area contributed by atoms with E-state index in [0.717, 1.165) is 12.1 Å². The smallest absolute Gasteiger partial charge is 0.258 e. The zero-order valence-electron chi connectivity index (χ0n) is 14.3. The van der Waals surface area contributed by atoms with E-state index in [4.69, 9.17) is 12.2 Å². The molecule has 2 aromatic rings. The molecule has 0 bridgehead atoms. The van der Waals surface area contributed by atoms with E-state index in [1.807, 2.05) is 6.07 Å². The Bertz CT molecular complexity index is 774. The van der Waals surface area contributed by atoms with Crippen LogP contribution in [0.25, 0.3) is 10.9 Å². The maximum absolute atomic E-state index is 11.8. The van der Waals surface area contributed by atoms with Crippen LogP contribution in [0.15, 0.2) is 29.3 Å². The van der Waals surface area contributed by atoms with Crippen molar-refractivity contribution in [1.82, 2.24) is 15.3 Å². The van der Waals surface area contributed by atoms with Gasteiger partial charge in [-0.25, -0.2) is 4.98 Å². The van der Waals surface area contributed by atoms with E-state index < -0.39 is 0 Å². The summed E-state index contributed by atoms with van der Waals surface area (Å²) < 4.78 is 0. The molecular formula is C17H24N4OS. The summed E-state index contributed by atoms with van der Waals surface area (Å²) in [6, 6.07) is 5.42. The zero-order chi connectivity index (χ0) is 17.3. The van der Waals surface area contributed by atoms with E-state index in [0.29, 0.717) is 16.0 Å². The molecule has 0 aliphatic rings. The number of H-pyrrole nitrogens is 1. The molecule has 0 spiro atoms. The number of thiocarbonyl (C=S) groups is 1. The average Bonchev–Trinajstić information content (AvgIpc) is 2.35. The predicted octanol–water partition coefficient (Wildman–Crippen LogP) is 3.42. The third kappa shape index (κ3) is 5.03. The molecule has 0 aliphatic heterocycles. The van der Waals surface area contributed by atoms with Gasteiger partial charge in [0.25, 0.3) is 5.56 Å². The van der Waals surface area contributed by atoms with Gasteiger partial charge in [-0.1, -0.05) is 20.8 Å². The van der Waals surface area contributed by atoms with Crippen LogP contribution in [0.4, 0.5) is 5.69 Å². The molecule has 0 aliphatic carbocycles. The second kappa shape index (κ2) is 6.28. The van der Waals surface area contributed by atoms with Crippen LogP contribution in [0.2, 0.25) is 0 Å². The Morgan fingerprint density at radius 1 is 1.26 bits per heavy atom. The van der Waals surface area contributed by atoms with Crippen molar-refractivity contribution in [3.8, 4) is 0 Å². The van der Waals surface area contributed by atoms with Crippen LogP contribution in [-0.4, -0.2) is 20.6 Å². The van der Waals surface area contributed by atoms with Crippen molar-refractivity contribution in [2.75, 3.05) is 5.32 Å². The van der Waals surface area contributed by atoms with Crippen LogP contribution in [-0.2, 0) is 0 Å². The number of nitrogens with zero attached hydrogens (tertiary/aromatic N) is 1. The van der Waals surface area contributed by atoms with Crippen LogP contribution in [0.3, 0.4) is 0 Å². The van der Waals surface area contributed by atoms with Gasteiger partial charge in [-0.2, -0.15) is 0 Å². The van der Waals surface area contributed by atoms with E-state index in [9.17, 15) is 4.79 Å². The fourth-order valence-corrected chi connectivity index (χ4v) is 3.38. The second-order valence-electron chi connectivity index (χ2n) is 7.66. The van der Waals surface area contributed by atoms with Gasteiger partial charge in [0.2, 0.25) is 0 Å². The first-order valence-electron chi connectivity index (χ1n) is 7.62. The summed E-state index contributed by atoms with van der Waals surface area (Å²) in [5.41, 5.74) is 1.34. The largest absolute Gasteiger partial charge is 0.358 e. The maximum Gasteiger partial charge on any atom is 0.258 e. The Labute approximate surface area is 141 Å². The molecule has 3 N–H and O–H groups in total. The number of anilines is 1. The van der Waals surface area contributed by atoms with Gasteiger partial charge in [-0.15, -0.1) is 0 Å². The Hall–Kier alpha value is -1.95. The molecule has 0 fully saturated rings. The second-order valence-corrected chi connectivity index (χ2v) is 8.07. The van der Waals surface area contributed by atoms with Crippen LogP contribution in [0.5, 0.6) is 0 Å². The highest BCUT2D eigenvalue weighted by Gasteiger charge is 2.25. The molecule has 0 atom stereocenters. The summed E-state index contributed by atoms with van der Waals surface area (Å²) in [5.74, 6) is 0. The summed E-state index contributed by atoms with van der Waals surface area (Å²) in [6.07, 6.45) is 2.38. The molecule has 5 nitrogen and oxygen atoms in total. The van der Waals surface area contributed by atoms with Gasteiger partial charge in [0.05, 0.1) is 17.2 Å². The minimum atomic E-state index is -0.161. The molecule has 6 heteroatoms. The number of nitrogens with one attached hydrogen (secondary N) is 3. The number of aromatic amines is 1. The third-order valence-electron chi connectivity index (χ3n) is 3.32. The predicted molar refractivity (Wildman–Crippen MR) is 99.9 cm³/mol. The van der Waals surface area contributed by atoms with Crippen molar-refractivity contribution in [2.45, 2.75) is 46.6 Å². The SMILES string of the molecule is CC(C)(C)CC(C)(C)NC(=S)Nc1ccc2nc[nH]c(=O)c2c1. The Morgan fingerprint density at radius 2 is 1.96 bits per heavy atom. The third-order valence-corrected chi connectivity index (χ3v) is 3.53. The van der Waals surface area contributed by atoms with Crippen molar-refractivity contribution in [3.05, 3.63) is 34.9 Å². The first kappa shape index (κ1) is 17.4. The molecule has 1 aromatic carbocycles. The molecule has 0 unspecified atom stereocenters. The van der Waals surface area contributed by atoms with Gasteiger partial charge in [0, 0.05) is 11.2 Å². The molecular weight excluding hydrogens is 308 g/mol. The molecule has 0 saturated carbocycles. The standard InChI is InChI=1S/C17H24N4OS/c1-16(2,3)9-17(4,5)21-15(23)20-11-6-7-13-12(8-11)14(22)19-10-18-13/h6-8,10H,9H2,1-5H3,(H,18,19,22)(H2,20,21,23). The Kier molecular flexibility index (Phi) is 4.75. The summed E-state index contributed by atoms with van der Waals surface area (Å²) >= 11 is 5.41. The van der Waals surface area contributed by atoms with Crippen molar-refractivity contribution < 1.29 is 0 Å².